The SMILES string of the molecule is CC(C)(C)C1C(C(C)(C)C)S(C)(C)CCS1(C)C. The molecule has 1 aliphatic rings. The third-order valence-corrected chi connectivity index (χ3v) is 12.1. The second kappa shape index (κ2) is 4.62. The summed E-state index contributed by atoms with van der Waals surface area (Å²) in [6, 6.07) is 0. The van der Waals surface area contributed by atoms with Crippen molar-refractivity contribution in [3.63, 3.8) is 0 Å². The summed E-state index contributed by atoms with van der Waals surface area (Å²) >= 11 is 0. The normalized spacial score (nSPS) is 35.9. The van der Waals surface area contributed by atoms with Crippen LogP contribution in [0, 0.1) is 10.8 Å². The molecule has 1 fully saturated rings. The summed E-state index contributed by atoms with van der Waals surface area (Å²) in [4.78, 5) is 0. The van der Waals surface area contributed by atoms with Gasteiger partial charge in [0.05, 0.1) is 0 Å². The highest BCUT2D eigenvalue weighted by Gasteiger charge is 2.52. The summed E-state index contributed by atoms with van der Waals surface area (Å²) < 4.78 is 0. The first-order valence-electron chi connectivity index (χ1n) is 7.09. The molecule has 0 amide bonds. The Balaban J connectivity index is 3.33. The maximum Gasteiger partial charge on any atom is 0.00419 e. The molecule has 2 heteroatoms. The molecule has 0 aliphatic carbocycles. The minimum absolute atomic E-state index is 0.446. The lowest BCUT2D eigenvalue weighted by Gasteiger charge is -2.65. The fourth-order valence-electron chi connectivity index (χ4n) is 4.18. The van der Waals surface area contributed by atoms with Crippen molar-refractivity contribution >= 4 is 20.1 Å². The molecule has 0 saturated carbocycles. The summed E-state index contributed by atoms with van der Waals surface area (Å²) in [5.41, 5.74) is 0.892. The zero-order chi connectivity index (χ0) is 14.6. The van der Waals surface area contributed by atoms with Gasteiger partial charge < -0.3 is 0 Å². The Morgan fingerprint density at radius 3 is 1.00 bits per heavy atom. The smallest absolute Gasteiger partial charge is 0.00419 e. The quantitative estimate of drug-likeness (QED) is 0.592. The highest BCUT2D eigenvalue weighted by molar-refractivity contribution is 8.39. The molecule has 0 aromatic heterocycles. The van der Waals surface area contributed by atoms with Crippen molar-refractivity contribution in [3.8, 4) is 0 Å². The Hall–Kier alpha value is 0.700. The van der Waals surface area contributed by atoms with Crippen LogP contribution in [0.1, 0.15) is 41.5 Å². The van der Waals surface area contributed by atoms with Crippen LogP contribution in [0.4, 0.5) is 0 Å². The van der Waals surface area contributed by atoms with Gasteiger partial charge in [-0.1, -0.05) is 41.5 Å². The van der Waals surface area contributed by atoms with E-state index in [1.165, 1.54) is 11.5 Å². The molecule has 1 rings (SSSR count). The van der Waals surface area contributed by atoms with Gasteiger partial charge in [-0.25, -0.2) is 20.1 Å². The Kier molecular flexibility index (Phi) is 4.30. The Morgan fingerprint density at radius 1 is 0.611 bits per heavy atom. The van der Waals surface area contributed by atoms with E-state index in [1.54, 1.807) is 0 Å². The van der Waals surface area contributed by atoms with Crippen LogP contribution >= 0.6 is 20.1 Å². The van der Waals surface area contributed by atoms with Gasteiger partial charge in [0, 0.05) is 10.5 Å². The van der Waals surface area contributed by atoms with Crippen LogP contribution in [0.15, 0.2) is 0 Å². The third-order valence-electron chi connectivity index (χ3n) is 4.49. The zero-order valence-electron chi connectivity index (χ0n) is 14.4. The molecule has 2 atom stereocenters. The van der Waals surface area contributed by atoms with E-state index in [9.17, 15) is 0 Å². The molecule has 0 N–H and O–H groups in total. The van der Waals surface area contributed by atoms with Crippen LogP contribution in [-0.4, -0.2) is 47.0 Å². The molecule has 1 saturated heterocycles. The van der Waals surface area contributed by atoms with Gasteiger partial charge in [-0.3, -0.25) is 0 Å². The number of hydrogen-bond donors (Lipinski definition) is 0. The van der Waals surface area contributed by atoms with Crippen LogP contribution in [0.3, 0.4) is 0 Å². The van der Waals surface area contributed by atoms with Crippen molar-refractivity contribution in [2.75, 3.05) is 36.5 Å². The minimum atomic E-state index is -0.464. The van der Waals surface area contributed by atoms with E-state index >= 15 is 0 Å². The standard InChI is InChI=1S/C16H36S2/c1-15(2,3)13-14(16(4,5)6)18(9,10)12-11-17(13,7)8/h13-14H,11-12H2,1-10H3. The van der Waals surface area contributed by atoms with Crippen molar-refractivity contribution < 1.29 is 0 Å². The molecule has 0 nitrogen and oxygen atoms in total. The van der Waals surface area contributed by atoms with Gasteiger partial charge in [0.25, 0.3) is 0 Å². The van der Waals surface area contributed by atoms with Gasteiger partial charge in [-0.15, -0.1) is 0 Å². The van der Waals surface area contributed by atoms with Crippen molar-refractivity contribution in [1.82, 2.24) is 0 Å². The Morgan fingerprint density at radius 2 is 0.833 bits per heavy atom. The lowest BCUT2D eigenvalue weighted by Crippen LogP contribution is -2.54. The van der Waals surface area contributed by atoms with E-state index in [0.717, 1.165) is 10.5 Å². The average molecular weight is 293 g/mol. The van der Waals surface area contributed by atoms with E-state index in [-0.39, 0.29) is 0 Å². The third kappa shape index (κ3) is 3.23. The minimum Gasteiger partial charge on any atom is -0.242 e. The van der Waals surface area contributed by atoms with Gasteiger partial charge >= 0.3 is 0 Å². The summed E-state index contributed by atoms with van der Waals surface area (Å²) in [7, 11) is -0.928. The van der Waals surface area contributed by atoms with E-state index in [4.69, 9.17) is 0 Å². The van der Waals surface area contributed by atoms with Crippen LogP contribution in [-0.2, 0) is 0 Å². The first-order chi connectivity index (χ1) is 7.70. The van der Waals surface area contributed by atoms with E-state index < -0.39 is 20.1 Å². The summed E-state index contributed by atoms with van der Waals surface area (Å²) in [6.07, 6.45) is 10.4. The average Bonchev–Trinajstić information content (AvgIpc) is 2.05. The summed E-state index contributed by atoms with van der Waals surface area (Å²) in [5, 5.41) is 1.81. The molecular weight excluding hydrogens is 256 g/mol. The first-order valence-corrected chi connectivity index (χ1v) is 12.5. The first kappa shape index (κ1) is 16.8. The van der Waals surface area contributed by atoms with Gasteiger partial charge in [0.1, 0.15) is 0 Å². The van der Waals surface area contributed by atoms with Crippen molar-refractivity contribution in [2.45, 2.75) is 52.0 Å². The monoisotopic (exact) mass is 292 g/mol. The molecule has 0 aromatic carbocycles. The molecular formula is C16H36S2. The van der Waals surface area contributed by atoms with Gasteiger partial charge in [-0.2, -0.15) is 0 Å². The van der Waals surface area contributed by atoms with E-state index in [0.29, 0.717) is 10.8 Å². The number of rotatable bonds is 0. The lowest BCUT2D eigenvalue weighted by molar-refractivity contribution is 0.291. The van der Waals surface area contributed by atoms with Crippen molar-refractivity contribution in [1.29, 1.82) is 0 Å². The summed E-state index contributed by atoms with van der Waals surface area (Å²) in [6.45, 7) is 14.9. The van der Waals surface area contributed by atoms with Crippen LogP contribution in [0.25, 0.3) is 0 Å². The second-order valence-corrected chi connectivity index (χ2v) is 17.6. The van der Waals surface area contributed by atoms with Crippen molar-refractivity contribution in [2.24, 2.45) is 10.8 Å². The Labute approximate surface area is 119 Å². The highest BCUT2D eigenvalue weighted by Crippen LogP contribution is 2.70. The molecule has 1 heterocycles. The Bertz CT molecular complexity index is 270. The molecule has 0 aromatic rings. The second-order valence-electron chi connectivity index (χ2n) is 9.23. The fraction of sp³-hybridized carbons (Fsp3) is 1.00. The van der Waals surface area contributed by atoms with Crippen molar-refractivity contribution in [3.05, 3.63) is 0 Å². The maximum atomic E-state index is 2.59. The topological polar surface area (TPSA) is 0 Å². The van der Waals surface area contributed by atoms with E-state index in [1.807, 2.05) is 0 Å². The summed E-state index contributed by atoms with van der Waals surface area (Å²) in [5.74, 6) is 2.98. The maximum absolute atomic E-state index is 2.59. The predicted octanol–water partition coefficient (Wildman–Crippen LogP) is 4.96. The molecule has 112 valence electrons. The molecule has 0 spiro atoms. The highest BCUT2D eigenvalue weighted by atomic mass is 32.3. The van der Waals surface area contributed by atoms with Gasteiger partial charge in [-0.05, 0) is 47.4 Å². The largest absolute Gasteiger partial charge is 0.242 e. The lowest BCUT2D eigenvalue weighted by atomic mass is 9.80. The van der Waals surface area contributed by atoms with Crippen LogP contribution < -0.4 is 0 Å². The van der Waals surface area contributed by atoms with Gasteiger partial charge in [0.15, 0.2) is 0 Å². The molecule has 0 bridgehead atoms. The zero-order valence-corrected chi connectivity index (χ0v) is 16.0. The van der Waals surface area contributed by atoms with E-state index in [2.05, 4.69) is 66.6 Å². The molecule has 18 heavy (non-hydrogen) atoms. The molecule has 0 radical (unpaired) electrons. The molecule has 2 unspecified atom stereocenters. The van der Waals surface area contributed by atoms with Gasteiger partial charge in [0.2, 0.25) is 0 Å². The predicted molar refractivity (Wildman–Crippen MR) is 95.1 cm³/mol. The molecule has 1 aliphatic heterocycles. The fourth-order valence-corrected chi connectivity index (χ4v) is 15.9. The number of hydrogen-bond acceptors (Lipinski definition) is 0. The van der Waals surface area contributed by atoms with Crippen LogP contribution in [0.5, 0.6) is 0 Å². The van der Waals surface area contributed by atoms with Crippen LogP contribution in [0.2, 0.25) is 0 Å².